The van der Waals surface area contributed by atoms with E-state index in [-0.39, 0.29) is 0 Å². The molecule has 72 valence electrons. The molecule has 0 heterocycles. The van der Waals surface area contributed by atoms with Crippen LogP contribution in [0.1, 0.15) is 11.6 Å². The Labute approximate surface area is 72.8 Å². The van der Waals surface area contributed by atoms with Crippen molar-refractivity contribution in [1.82, 2.24) is 0 Å². The summed E-state index contributed by atoms with van der Waals surface area (Å²) in [7, 11) is 0. The van der Waals surface area contributed by atoms with Gasteiger partial charge in [-0.05, 0) is 0 Å². The fraction of sp³-hybridized carbons (Fsp3) is 0.250. The molecule has 1 aromatic carbocycles. The van der Waals surface area contributed by atoms with Crippen molar-refractivity contribution in [3.63, 3.8) is 0 Å². The molecule has 1 atom stereocenters. The maximum Gasteiger partial charge on any atom is 0.134 e. The third kappa shape index (κ3) is 1.92. The van der Waals surface area contributed by atoms with Crippen molar-refractivity contribution in [3.8, 4) is 5.75 Å². The summed E-state index contributed by atoms with van der Waals surface area (Å²) >= 11 is 0. The first-order chi connectivity index (χ1) is 6.06. The van der Waals surface area contributed by atoms with Gasteiger partial charge >= 0.3 is 0 Å². The van der Waals surface area contributed by atoms with Gasteiger partial charge in [0.1, 0.15) is 24.1 Å². The average Bonchev–Trinajstić information content (AvgIpc) is 2.02. The van der Waals surface area contributed by atoms with Crippen LogP contribution in [0, 0.1) is 11.6 Å². The fourth-order valence-electron chi connectivity index (χ4n) is 1.02. The molecule has 0 saturated heterocycles. The van der Waals surface area contributed by atoms with Gasteiger partial charge in [0.05, 0.1) is 6.04 Å². The van der Waals surface area contributed by atoms with Crippen molar-refractivity contribution in [2.45, 2.75) is 6.04 Å². The molecule has 0 bridgehead atoms. The number of rotatable bonds is 2. The zero-order valence-corrected chi connectivity index (χ0v) is 6.60. The zero-order chi connectivity index (χ0) is 10.0. The van der Waals surface area contributed by atoms with E-state index in [2.05, 4.69) is 0 Å². The molecule has 0 aromatic heterocycles. The van der Waals surface area contributed by atoms with Crippen molar-refractivity contribution in [2.75, 3.05) is 6.67 Å². The van der Waals surface area contributed by atoms with Crippen LogP contribution in [-0.4, -0.2) is 11.8 Å². The Bertz CT molecular complexity index is 293. The lowest BCUT2D eigenvalue weighted by Crippen LogP contribution is -2.14. The van der Waals surface area contributed by atoms with Gasteiger partial charge in [0, 0.05) is 17.7 Å². The third-order valence-electron chi connectivity index (χ3n) is 1.61. The van der Waals surface area contributed by atoms with Crippen LogP contribution in [0.25, 0.3) is 0 Å². The van der Waals surface area contributed by atoms with E-state index in [1.54, 1.807) is 0 Å². The van der Waals surface area contributed by atoms with Crippen molar-refractivity contribution in [3.05, 3.63) is 29.3 Å². The molecule has 0 spiro atoms. The van der Waals surface area contributed by atoms with E-state index in [9.17, 15) is 13.2 Å². The molecule has 5 heteroatoms. The van der Waals surface area contributed by atoms with Gasteiger partial charge < -0.3 is 10.8 Å². The zero-order valence-electron chi connectivity index (χ0n) is 6.60. The summed E-state index contributed by atoms with van der Waals surface area (Å²) < 4.78 is 37.4. The van der Waals surface area contributed by atoms with Crippen LogP contribution in [0.2, 0.25) is 0 Å². The van der Waals surface area contributed by atoms with Crippen molar-refractivity contribution in [1.29, 1.82) is 0 Å². The Hall–Kier alpha value is -1.23. The minimum Gasteiger partial charge on any atom is -0.507 e. The fourth-order valence-corrected chi connectivity index (χ4v) is 1.02. The summed E-state index contributed by atoms with van der Waals surface area (Å²) in [5.41, 5.74) is 4.75. The minimum atomic E-state index is -1.26. The van der Waals surface area contributed by atoms with E-state index in [0.717, 1.165) is 0 Å². The number of halogens is 3. The van der Waals surface area contributed by atoms with Gasteiger partial charge in [-0.15, -0.1) is 0 Å². The highest BCUT2D eigenvalue weighted by molar-refractivity contribution is 5.36. The van der Waals surface area contributed by atoms with E-state index in [1.807, 2.05) is 0 Å². The van der Waals surface area contributed by atoms with Crippen LogP contribution in [0.3, 0.4) is 0 Å². The first-order valence-corrected chi connectivity index (χ1v) is 3.55. The maximum absolute atomic E-state index is 12.9. The standard InChI is InChI=1S/C8H8F3NO/c9-3-6(12)8-5(11)1-4(10)2-7(8)13/h1-2,6,13H,3,12H2. The Morgan fingerprint density at radius 2 is 2.00 bits per heavy atom. The molecule has 0 fully saturated rings. The van der Waals surface area contributed by atoms with Crippen LogP contribution in [-0.2, 0) is 0 Å². The van der Waals surface area contributed by atoms with Crippen molar-refractivity contribution < 1.29 is 18.3 Å². The molecule has 2 nitrogen and oxygen atoms in total. The Morgan fingerprint density at radius 1 is 1.38 bits per heavy atom. The highest BCUT2D eigenvalue weighted by Crippen LogP contribution is 2.26. The average molecular weight is 191 g/mol. The van der Waals surface area contributed by atoms with E-state index < -0.39 is 35.7 Å². The number of hydrogen-bond acceptors (Lipinski definition) is 2. The van der Waals surface area contributed by atoms with Gasteiger partial charge in [-0.2, -0.15) is 0 Å². The second kappa shape index (κ2) is 3.66. The summed E-state index contributed by atoms with van der Waals surface area (Å²) in [6.45, 7) is -1.02. The SMILES string of the molecule is NC(CF)c1c(O)cc(F)cc1F. The predicted octanol–water partition coefficient (Wildman–Crippen LogP) is 1.64. The molecule has 1 aromatic rings. The second-order valence-electron chi connectivity index (χ2n) is 2.58. The van der Waals surface area contributed by atoms with Gasteiger partial charge in [0.2, 0.25) is 0 Å². The van der Waals surface area contributed by atoms with E-state index >= 15 is 0 Å². The Morgan fingerprint density at radius 3 is 2.46 bits per heavy atom. The van der Waals surface area contributed by atoms with E-state index in [0.29, 0.717) is 12.1 Å². The van der Waals surface area contributed by atoms with E-state index in [4.69, 9.17) is 10.8 Å². The van der Waals surface area contributed by atoms with Crippen LogP contribution >= 0.6 is 0 Å². The number of aromatic hydroxyl groups is 1. The summed E-state index contributed by atoms with van der Waals surface area (Å²) in [4.78, 5) is 0. The lowest BCUT2D eigenvalue weighted by Gasteiger charge is -2.10. The molecular weight excluding hydrogens is 183 g/mol. The topological polar surface area (TPSA) is 46.2 Å². The normalized spacial score (nSPS) is 12.9. The molecule has 0 aliphatic heterocycles. The monoisotopic (exact) mass is 191 g/mol. The first-order valence-electron chi connectivity index (χ1n) is 3.55. The van der Waals surface area contributed by atoms with Gasteiger partial charge in [0.25, 0.3) is 0 Å². The van der Waals surface area contributed by atoms with Crippen LogP contribution in [0.5, 0.6) is 5.75 Å². The molecule has 3 N–H and O–H groups in total. The Balaban J connectivity index is 3.20. The number of benzene rings is 1. The lowest BCUT2D eigenvalue weighted by atomic mass is 10.1. The van der Waals surface area contributed by atoms with Gasteiger partial charge in [-0.25, -0.2) is 13.2 Å². The molecular formula is C8H8F3NO. The largest absolute Gasteiger partial charge is 0.507 e. The smallest absolute Gasteiger partial charge is 0.134 e. The quantitative estimate of drug-likeness (QED) is 0.746. The predicted molar refractivity (Wildman–Crippen MR) is 40.9 cm³/mol. The Kier molecular flexibility index (Phi) is 2.77. The number of phenolic OH excluding ortho intramolecular Hbond substituents is 1. The molecule has 1 rings (SSSR count). The second-order valence-corrected chi connectivity index (χ2v) is 2.58. The molecule has 0 aliphatic rings. The van der Waals surface area contributed by atoms with Gasteiger partial charge in [-0.1, -0.05) is 0 Å². The number of nitrogens with two attached hydrogens (primary N) is 1. The number of phenols is 1. The lowest BCUT2D eigenvalue weighted by molar-refractivity contribution is 0.397. The minimum absolute atomic E-state index is 0.399. The summed E-state index contributed by atoms with van der Waals surface area (Å²) in [6, 6.07) is -0.0287. The van der Waals surface area contributed by atoms with Crippen LogP contribution in [0.4, 0.5) is 13.2 Å². The number of alkyl halides is 1. The highest BCUT2D eigenvalue weighted by Gasteiger charge is 2.17. The van der Waals surface area contributed by atoms with Crippen LogP contribution in [0.15, 0.2) is 12.1 Å². The van der Waals surface area contributed by atoms with Crippen molar-refractivity contribution >= 4 is 0 Å². The van der Waals surface area contributed by atoms with Crippen LogP contribution < -0.4 is 5.73 Å². The molecule has 0 saturated carbocycles. The van der Waals surface area contributed by atoms with E-state index in [1.165, 1.54) is 0 Å². The number of hydrogen-bond donors (Lipinski definition) is 2. The summed E-state index contributed by atoms with van der Waals surface area (Å²) in [6.07, 6.45) is 0. The van der Waals surface area contributed by atoms with Gasteiger partial charge in [-0.3, -0.25) is 0 Å². The van der Waals surface area contributed by atoms with Crippen molar-refractivity contribution in [2.24, 2.45) is 5.73 Å². The molecule has 13 heavy (non-hydrogen) atoms. The third-order valence-corrected chi connectivity index (χ3v) is 1.61. The first kappa shape index (κ1) is 9.85. The summed E-state index contributed by atoms with van der Waals surface area (Å²) in [5, 5.41) is 9.05. The molecule has 0 amide bonds. The molecule has 0 aliphatic carbocycles. The molecule has 1 unspecified atom stereocenters. The maximum atomic E-state index is 12.9. The highest BCUT2D eigenvalue weighted by atomic mass is 19.1. The summed E-state index contributed by atoms with van der Waals surface area (Å²) in [5.74, 6) is -2.63. The van der Waals surface area contributed by atoms with Gasteiger partial charge in [0.15, 0.2) is 0 Å². The molecule has 0 radical (unpaired) electrons.